The summed E-state index contributed by atoms with van der Waals surface area (Å²) in [6, 6.07) is 12.1. The molecule has 2 saturated heterocycles. The molecule has 45 heavy (non-hydrogen) atoms. The van der Waals surface area contributed by atoms with E-state index in [-0.39, 0.29) is 24.2 Å². The van der Waals surface area contributed by atoms with E-state index >= 15 is 0 Å². The standard InChI is InChI=1S/C28H34F6N2O7S2/c1-41-21-7-3-5-19(13-21)23-15-35(9-11-44(23,37)38)17-25(27(29,30)31)43-26(28(32,33)34)18-36-10-12-45(39,40)24(16-36)20-6-4-8-22(14-20)42-2/h3-8,13-14,23-26H,9-12,15-18H2,1-2H3/t23?,24?,25-,26-/m0/s1. The molecule has 0 radical (unpaired) electrons. The lowest BCUT2D eigenvalue weighted by Gasteiger charge is -2.38. The zero-order valence-electron chi connectivity index (χ0n) is 24.4. The van der Waals surface area contributed by atoms with Crippen molar-refractivity contribution in [2.45, 2.75) is 35.1 Å². The van der Waals surface area contributed by atoms with E-state index in [0.717, 1.165) is 9.80 Å². The average Bonchev–Trinajstić information content (AvgIpc) is 2.96. The quantitative estimate of drug-likeness (QED) is 0.345. The third-order valence-corrected chi connectivity index (χ3v) is 12.0. The molecule has 0 N–H and O–H groups in total. The van der Waals surface area contributed by atoms with Crippen LogP contribution in [0.2, 0.25) is 0 Å². The van der Waals surface area contributed by atoms with Gasteiger partial charge in [-0.15, -0.1) is 0 Å². The number of sulfone groups is 2. The van der Waals surface area contributed by atoms with Gasteiger partial charge in [0.2, 0.25) is 0 Å². The van der Waals surface area contributed by atoms with Crippen LogP contribution in [0.15, 0.2) is 48.5 Å². The Hall–Kier alpha value is -2.60. The van der Waals surface area contributed by atoms with Crippen LogP contribution < -0.4 is 9.47 Å². The largest absolute Gasteiger partial charge is 0.497 e. The first-order valence-corrected chi connectivity index (χ1v) is 17.3. The highest BCUT2D eigenvalue weighted by molar-refractivity contribution is 7.92. The van der Waals surface area contributed by atoms with Gasteiger partial charge in [0.05, 0.1) is 36.2 Å². The predicted octanol–water partition coefficient (Wildman–Crippen LogP) is 3.83. The third-order valence-electron chi connectivity index (χ3n) is 7.94. The number of ether oxygens (including phenoxy) is 3. The van der Waals surface area contributed by atoms with Gasteiger partial charge >= 0.3 is 12.4 Å². The highest BCUT2D eigenvalue weighted by Gasteiger charge is 2.51. The summed E-state index contributed by atoms with van der Waals surface area (Å²) in [5.41, 5.74) is 0.560. The second-order valence-corrected chi connectivity index (χ2v) is 15.6. The fourth-order valence-electron chi connectivity index (χ4n) is 5.43. The molecule has 2 aromatic rings. The van der Waals surface area contributed by atoms with Crippen molar-refractivity contribution >= 4 is 19.7 Å². The summed E-state index contributed by atoms with van der Waals surface area (Å²) in [6.07, 6.45) is -16.3. The summed E-state index contributed by atoms with van der Waals surface area (Å²) in [7, 11) is -4.82. The molecule has 2 heterocycles. The Morgan fingerprint density at radius 1 is 0.711 bits per heavy atom. The Morgan fingerprint density at radius 3 is 1.42 bits per heavy atom. The summed E-state index contributed by atoms with van der Waals surface area (Å²) >= 11 is 0. The molecule has 2 aliphatic heterocycles. The van der Waals surface area contributed by atoms with E-state index in [1.807, 2.05) is 0 Å². The summed E-state index contributed by atoms with van der Waals surface area (Å²) in [5.74, 6) is -0.335. The SMILES string of the molecule is COc1cccc(C2CN(C[C@H](O[C@@H](CN3CCS(=O)(=O)C(c4cccc(OC)c4)C3)C(F)(F)F)C(F)(F)F)CCS2(=O)=O)c1. The van der Waals surface area contributed by atoms with Crippen molar-refractivity contribution in [3.8, 4) is 11.5 Å². The topological polar surface area (TPSA) is 102 Å². The minimum absolute atomic E-state index is 0.280. The number of halogens is 6. The first-order valence-electron chi connectivity index (χ1n) is 13.9. The maximum Gasteiger partial charge on any atom is 0.415 e. The fraction of sp³-hybridized carbons (Fsp3) is 0.571. The molecule has 2 aliphatic rings. The Labute approximate surface area is 257 Å². The molecule has 0 aromatic heterocycles. The molecule has 17 heteroatoms. The third kappa shape index (κ3) is 8.81. The van der Waals surface area contributed by atoms with Crippen molar-refractivity contribution in [2.75, 3.05) is 65.0 Å². The maximum atomic E-state index is 14.2. The monoisotopic (exact) mass is 688 g/mol. The zero-order valence-corrected chi connectivity index (χ0v) is 26.1. The molecule has 4 rings (SSSR count). The lowest BCUT2D eigenvalue weighted by Crippen LogP contribution is -2.54. The van der Waals surface area contributed by atoms with Gasteiger partial charge in [0.1, 0.15) is 11.5 Å². The Kier molecular flexibility index (Phi) is 10.7. The molecule has 0 amide bonds. The van der Waals surface area contributed by atoms with Gasteiger partial charge in [0.15, 0.2) is 31.9 Å². The molecule has 0 saturated carbocycles. The molecule has 2 unspecified atom stereocenters. The van der Waals surface area contributed by atoms with Crippen molar-refractivity contribution in [3.05, 3.63) is 59.7 Å². The Bertz CT molecular complexity index is 1420. The predicted molar refractivity (Wildman–Crippen MR) is 153 cm³/mol. The molecule has 0 spiro atoms. The molecule has 0 bridgehead atoms. The van der Waals surface area contributed by atoms with Crippen LogP contribution in [0, 0.1) is 0 Å². The van der Waals surface area contributed by atoms with E-state index in [0.29, 0.717) is 11.5 Å². The molecular weight excluding hydrogens is 654 g/mol. The minimum Gasteiger partial charge on any atom is -0.497 e. The number of benzene rings is 2. The van der Waals surface area contributed by atoms with Gasteiger partial charge in [0.25, 0.3) is 0 Å². The second kappa shape index (κ2) is 13.6. The summed E-state index contributed by atoms with van der Waals surface area (Å²) in [4.78, 5) is 2.26. The first-order chi connectivity index (χ1) is 20.9. The number of hydrogen-bond acceptors (Lipinski definition) is 9. The van der Waals surface area contributed by atoms with Crippen molar-refractivity contribution < 1.29 is 57.4 Å². The van der Waals surface area contributed by atoms with Gasteiger partial charge in [-0.25, -0.2) is 16.8 Å². The Morgan fingerprint density at radius 2 is 1.09 bits per heavy atom. The lowest BCUT2D eigenvalue weighted by molar-refractivity contribution is -0.290. The van der Waals surface area contributed by atoms with Crippen LogP contribution >= 0.6 is 0 Å². The molecule has 9 nitrogen and oxygen atoms in total. The van der Waals surface area contributed by atoms with E-state index in [2.05, 4.69) is 0 Å². The van der Waals surface area contributed by atoms with Crippen molar-refractivity contribution in [1.29, 1.82) is 0 Å². The molecular formula is C28H34F6N2O7S2. The van der Waals surface area contributed by atoms with E-state index in [1.165, 1.54) is 50.6 Å². The molecule has 2 fully saturated rings. The van der Waals surface area contributed by atoms with Crippen molar-refractivity contribution in [2.24, 2.45) is 0 Å². The van der Waals surface area contributed by atoms with Gasteiger partial charge < -0.3 is 14.2 Å². The number of alkyl halides is 6. The van der Waals surface area contributed by atoms with E-state index in [1.54, 1.807) is 12.1 Å². The fourth-order valence-corrected chi connectivity index (χ4v) is 9.02. The van der Waals surface area contributed by atoms with Crippen molar-refractivity contribution in [1.82, 2.24) is 9.80 Å². The van der Waals surface area contributed by atoms with Gasteiger partial charge in [-0.2, -0.15) is 26.3 Å². The highest BCUT2D eigenvalue weighted by Crippen LogP contribution is 2.36. The van der Waals surface area contributed by atoms with Gasteiger partial charge in [0, 0.05) is 39.3 Å². The summed E-state index contributed by atoms with van der Waals surface area (Å²) in [5, 5.41) is -2.45. The van der Waals surface area contributed by atoms with Gasteiger partial charge in [-0.3, -0.25) is 9.80 Å². The highest BCUT2D eigenvalue weighted by atomic mass is 32.2. The van der Waals surface area contributed by atoms with E-state index in [4.69, 9.17) is 14.2 Å². The van der Waals surface area contributed by atoms with Crippen LogP contribution in [0.25, 0.3) is 0 Å². The van der Waals surface area contributed by atoms with Crippen LogP contribution in [0.3, 0.4) is 0 Å². The zero-order chi connectivity index (χ0) is 33.2. The van der Waals surface area contributed by atoms with Crippen LogP contribution in [0.1, 0.15) is 21.6 Å². The lowest BCUT2D eigenvalue weighted by atomic mass is 10.1. The summed E-state index contributed by atoms with van der Waals surface area (Å²) < 4.78 is 151. The van der Waals surface area contributed by atoms with Crippen LogP contribution in [-0.2, 0) is 24.4 Å². The molecule has 2 aromatic carbocycles. The molecule has 4 atom stereocenters. The van der Waals surface area contributed by atoms with Gasteiger partial charge in [-0.1, -0.05) is 24.3 Å². The molecule has 0 aliphatic carbocycles. The first kappa shape index (κ1) is 35.3. The van der Waals surface area contributed by atoms with Gasteiger partial charge in [-0.05, 0) is 35.4 Å². The minimum atomic E-state index is -5.22. The van der Waals surface area contributed by atoms with E-state index in [9.17, 15) is 43.2 Å². The molecule has 252 valence electrons. The summed E-state index contributed by atoms with van der Waals surface area (Å²) in [6.45, 7) is -3.52. The number of nitrogens with zero attached hydrogens (tertiary/aromatic N) is 2. The van der Waals surface area contributed by atoms with Crippen LogP contribution in [0.5, 0.6) is 11.5 Å². The van der Waals surface area contributed by atoms with E-state index < -0.39 is 92.4 Å². The normalized spacial score (nSPS) is 24.1. The van der Waals surface area contributed by atoms with Crippen molar-refractivity contribution in [3.63, 3.8) is 0 Å². The Balaban J connectivity index is 1.52. The second-order valence-electron chi connectivity index (χ2n) is 11.0. The van der Waals surface area contributed by atoms with Crippen LogP contribution in [0.4, 0.5) is 26.3 Å². The smallest absolute Gasteiger partial charge is 0.415 e. The number of hydrogen-bond donors (Lipinski definition) is 0. The number of rotatable bonds is 10. The maximum absolute atomic E-state index is 14.2. The van der Waals surface area contributed by atoms with Crippen LogP contribution in [-0.4, -0.2) is 116 Å². The number of methoxy groups -OCH3 is 2. The average molecular weight is 689 g/mol.